The summed E-state index contributed by atoms with van der Waals surface area (Å²) in [4.78, 5) is 0. The van der Waals surface area contributed by atoms with E-state index in [0.29, 0.717) is 0 Å². The molecule has 0 heterocycles. The Balaban J connectivity index is 0.00000242. The summed E-state index contributed by atoms with van der Waals surface area (Å²) in [5.41, 5.74) is 3.45. The Morgan fingerprint density at radius 3 is 1.57 bits per heavy atom. The molecule has 0 N–H and O–H groups in total. The quantitative estimate of drug-likeness (QED) is 0.350. The summed E-state index contributed by atoms with van der Waals surface area (Å²) in [5, 5.41) is 0. The topological polar surface area (TPSA) is 0 Å². The normalized spacial score (nSPS) is 18.6. The molecule has 0 radical (unpaired) electrons. The molecule has 0 aromatic heterocycles. The zero-order valence-electron chi connectivity index (χ0n) is 15.0. The summed E-state index contributed by atoms with van der Waals surface area (Å²) < 4.78 is 3.77. The summed E-state index contributed by atoms with van der Waals surface area (Å²) >= 11 is -0.788. The van der Waals surface area contributed by atoms with E-state index in [-0.39, 0.29) is 34.0 Å². The van der Waals surface area contributed by atoms with Gasteiger partial charge in [-0.1, -0.05) is 0 Å². The number of rotatable bonds is 8. The largest absolute Gasteiger partial charge is 1.00 e. The predicted octanol–water partition coefficient (Wildman–Crippen LogP) is 0.377. The third kappa shape index (κ3) is 6.55. The van der Waals surface area contributed by atoms with E-state index in [0.717, 1.165) is 11.8 Å². The van der Waals surface area contributed by atoms with Gasteiger partial charge in [-0.2, -0.15) is 0 Å². The maximum absolute atomic E-state index is 2.45. The molecule has 2 aliphatic rings. The van der Waals surface area contributed by atoms with Crippen LogP contribution < -0.4 is 34.0 Å². The zero-order chi connectivity index (χ0) is 15.2. The minimum atomic E-state index is -0.788. The molecule has 2 atom stereocenters. The first kappa shape index (κ1) is 23.8. The molecule has 0 saturated carbocycles. The Hall–Kier alpha value is 0.790. The van der Waals surface area contributed by atoms with Crippen molar-refractivity contribution < 1.29 is 56.9 Å². The molecule has 0 aliphatic heterocycles. The molecule has 2 unspecified atom stereocenters. The molecular weight excluding hydrogens is 579 g/mol. The monoisotopic (exact) mass is 608 g/mol. The smallest absolute Gasteiger partial charge is 1.00 e. The number of halogens is 2. The molecule has 0 aromatic rings. The van der Waals surface area contributed by atoms with Gasteiger partial charge in [-0.25, -0.2) is 0 Å². The second-order valence-electron chi connectivity index (χ2n) is 6.59. The molecule has 0 aromatic carbocycles. The third-order valence-corrected chi connectivity index (χ3v) is 10.5. The van der Waals surface area contributed by atoms with Crippen molar-refractivity contribution in [1.29, 1.82) is 0 Å². The van der Waals surface area contributed by atoms with Crippen molar-refractivity contribution in [2.45, 2.75) is 66.2 Å². The Labute approximate surface area is 175 Å². The van der Waals surface area contributed by atoms with E-state index in [4.69, 9.17) is 0 Å². The van der Waals surface area contributed by atoms with Gasteiger partial charge in [-0.3, -0.25) is 0 Å². The standard InChI is InChI=1S/2C10H15.2BrH.Hf/c2*1-3-6-9(2)10-7-4-5-8-10;;;/h2*4,7,9H,3,5-6H2,1-2H3;2*1H;/q;;;;+2/p-2. The van der Waals surface area contributed by atoms with Gasteiger partial charge in [0.15, 0.2) is 0 Å². The Morgan fingerprint density at radius 2 is 1.22 bits per heavy atom. The van der Waals surface area contributed by atoms with Crippen LogP contribution in [0, 0.1) is 11.8 Å². The average Bonchev–Trinajstić information content (AvgIpc) is 3.09. The third-order valence-electron chi connectivity index (χ3n) is 4.74. The molecule has 2 aliphatic carbocycles. The SMILES string of the molecule is CCCC(C)C1=[C]([Hf+2][C]2=C(C(C)CCC)C=CC2)CC=C1.[Br-].[Br-]. The zero-order valence-corrected chi connectivity index (χ0v) is 21.7. The Kier molecular flexibility index (Phi) is 12.6. The summed E-state index contributed by atoms with van der Waals surface area (Å²) in [6.45, 7) is 9.48. The first-order valence-corrected chi connectivity index (χ1v) is 12.3. The van der Waals surface area contributed by atoms with Crippen molar-refractivity contribution in [2.24, 2.45) is 11.8 Å². The van der Waals surface area contributed by atoms with Crippen molar-refractivity contribution in [2.75, 3.05) is 0 Å². The van der Waals surface area contributed by atoms with Crippen LogP contribution in [0.25, 0.3) is 0 Å². The number of hydrogen-bond acceptors (Lipinski definition) is 0. The Morgan fingerprint density at radius 1 is 0.826 bits per heavy atom. The van der Waals surface area contributed by atoms with Gasteiger partial charge < -0.3 is 34.0 Å². The average molecular weight is 609 g/mol. The van der Waals surface area contributed by atoms with Crippen LogP contribution in [0.4, 0.5) is 0 Å². The first-order valence-electron chi connectivity index (χ1n) is 8.73. The van der Waals surface area contributed by atoms with Crippen LogP contribution in [0.3, 0.4) is 0 Å². The van der Waals surface area contributed by atoms with Crippen LogP contribution in [0.1, 0.15) is 66.2 Å². The van der Waals surface area contributed by atoms with E-state index in [2.05, 4.69) is 52.0 Å². The summed E-state index contributed by atoms with van der Waals surface area (Å²) in [6, 6.07) is 0. The van der Waals surface area contributed by atoms with Crippen molar-refractivity contribution in [3.05, 3.63) is 42.1 Å². The first-order chi connectivity index (χ1) is 10.2. The van der Waals surface area contributed by atoms with Crippen molar-refractivity contribution >= 4 is 0 Å². The van der Waals surface area contributed by atoms with Crippen molar-refractivity contribution in [3.63, 3.8) is 0 Å². The maximum atomic E-state index is 2.45. The van der Waals surface area contributed by atoms with Gasteiger partial charge in [0.1, 0.15) is 0 Å². The molecule has 0 amide bonds. The molecule has 0 saturated heterocycles. The molecule has 0 fully saturated rings. The minimum Gasteiger partial charge on any atom is -1.00 e. The van der Waals surface area contributed by atoms with E-state index < -0.39 is 22.9 Å². The second-order valence-corrected chi connectivity index (χ2v) is 11.8. The van der Waals surface area contributed by atoms with E-state index >= 15 is 0 Å². The van der Waals surface area contributed by atoms with Crippen LogP contribution in [-0.4, -0.2) is 0 Å². The van der Waals surface area contributed by atoms with Gasteiger partial charge >= 0.3 is 143 Å². The molecule has 128 valence electrons. The summed E-state index contributed by atoms with van der Waals surface area (Å²) in [5.74, 6) is 1.56. The predicted molar refractivity (Wildman–Crippen MR) is 89.7 cm³/mol. The van der Waals surface area contributed by atoms with E-state index in [1.165, 1.54) is 38.5 Å². The van der Waals surface area contributed by atoms with Crippen LogP contribution in [0.2, 0.25) is 0 Å². The molecular formula is C20H30Br2Hf. The van der Waals surface area contributed by atoms with Gasteiger partial charge in [-0.05, 0) is 0 Å². The molecule has 2 rings (SSSR count). The van der Waals surface area contributed by atoms with Crippen LogP contribution in [0.15, 0.2) is 42.1 Å². The van der Waals surface area contributed by atoms with Gasteiger partial charge in [-0.15, -0.1) is 0 Å². The summed E-state index contributed by atoms with van der Waals surface area (Å²) in [6.07, 6.45) is 17.6. The number of allylic oxidation sites excluding steroid dienone is 8. The second kappa shape index (κ2) is 12.2. The molecule has 0 spiro atoms. The van der Waals surface area contributed by atoms with Crippen molar-refractivity contribution in [3.8, 4) is 0 Å². The van der Waals surface area contributed by atoms with Crippen LogP contribution >= 0.6 is 0 Å². The minimum absolute atomic E-state index is 0. The molecule has 0 bridgehead atoms. The number of hydrogen-bond donors (Lipinski definition) is 0. The van der Waals surface area contributed by atoms with E-state index in [9.17, 15) is 0 Å². The summed E-state index contributed by atoms with van der Waals surface area (Å²) in [7, 11) is 0. The fourth-order valence-electron chi connectivity index (χ4n) is 3.57. The van der Waals surface area contributed by atoms with Gasteiger partial charge in [0.05, 0.1) is 0 Å². The molecule has 3 heteroatoms. The fraction of sp³-hybridized carbons (Fsp3) is 0.600. The fourth-order valence-corrected chi connectivity index (χ4v) is 9.87. The molecule has 0 nitrogen and oxygen atoms in total. The van der Waals surface area contributed by atoms with Gasteiger partial charge in [0.2, 0.25) is 0 Å². The van der Waals surface area contributed by atoms with Gasteiger partial charge in [0.25, 0.3) is 0 Å². The van der Waals surface area contributed by atoms with Crippen LogP contribution in [-0.2, 0) is 22.9 Å². The maximum Gasteiger partial charge on any atom is -1.00 e. The van der Waals surface area contributed by atoms with Crippen LogP contribution in [0.5, 0.6) is 0 Å². The Bertz CT molecular complexity index is 442. The van der Waals surface area contributed by atoms with Crippen molar-refractivity contribution in [1.82, 2.24) is 0 Å². The van der Waals surface area contributed by atoms with E-state index in [1.54, 1.807) is 11.1 Å². The van der Waals surface area contributed by atoms with E-state index in [1.807, 2.05) is 6.66 Å². The van der Waals surface area contributed by atoms with Gasteiger partial charge in [0, 0.05) is 0 Å². The molecule has 23 heavy (non-hydrogen) atoms.